The molecule has 0 unspecified atom stereocenters. The quantitative estimate of drug-likeness (QED) is 0.385. The van der Waals surface area contributed by atoms with Gasteiger partial charge in [0.25, 0.3) is 10.0 Å². The molecule has 0 heterocycles. The van der Waals surface area contributed by atoms with Gasteiger partial charge in [-0.1, -0.05) is 35.4 Å². The Labute approximate surface area is 224 Å². The third kappa shape index (κ3) is 6.72. The predicted molar refractivity (Wildman–Crippen MR) is 149 cm³/mol. The largest absolute Gasteiger partial charge is 0.495 e. The van der Waals surface area contributed by atoms with Gasteiger partial charge < -0.3 is 10.1 Å². The topological polar surface area (TPSA) is 122 Å². The van der Waals surface area contributed by atoms with Crippen LogP contribution < -0.4 is 19.1 Å². The summed E-state index contributed by atoms with van der Waals surface area (Å²) < 4.78 is 61.6. The number of methoxy groups -OCH3 is 1. The first-order valence-corrected chi connectivity index (χ1v) is 14.8. The van der Waals surface area contributed by atoms with Gasteiger partial charge in [0.1, 0.15) is 12.3 Å². The van der Waals surface area contributed by atoms with E-state index in [0.717, 1.165) is 15.4 Å². The predicted octanol–water partition coefficient (Wildman–Crippen LogP) is 4.14. The molecule has 0 atom stereocenters. The number of hydrogen-bond acceptors (Lipinski definition) is 6. The van der Waals surface area contributed by atoms with Crippen molar-refractivity contribution in [2.45, 2.75) is 50.5 Å². The summed E-state index contributed by atoms with van der Waals surface area (Å²) >= 11 is 0. The highest BCUT2D eigenvalue weighted by atomic mass is 32.2. The Morgan fingerprint density at radius 1 is 0.868 bits per heavy atom. The second-order valence-electron chi connectivity index (χ2n) is 9.30. The molecule has 3 rings (SSSR count). The smallest absolute Gasteiger partial charge is 0.264 e. The summed E-state index contributed by atoms with van der Waals surface area (Å²) in [5.41, 5.74) is 2.97. The van der Waals surface area contributed by atoms with E-state index in [0.29, 0.717) is 11.3 Å². The first-order valence-electron chi connectivity index (χ1n) is 11.9. The normalized spacial score (nSPS) is 11.9. The highest BCUT2D eigenvalue weighted by molar-refractivity contribution is 7.92. The van der Waals surface area contributed by atoms with Crippen molar-refractivity contribution in [1.82, 2.24) is 4.72 Å². The van der Waals surface area contributed by atoms with Crippen LogP contribution in [-0.4, -0.2) is 42.4 Å². The first-order chi connectivity index (χ1) is 17.7. The Morgan fingerprint density at radius 3 is 2.05 bits per heavy atom. The van der Waals surface area contributed by atoms with Gasteiger partial charge in [0.05, 0.1) is 28.3 Å². The number of sulfonamides is 2. The molecule has 0 spiro atoms. The zero-order valence-electron chi connectivity index (χ0n) is 22.3. The maximum Gasteiger partial charge on any atom is 0.264 e. The molecule has 0 fully saturated rings. The van der Waals surface area contributed by atoms with Crippen LogP contribution in [0.15, 0.2) is 70.5 Å². The van der Waals surface area contributed by atoms with Crippen LogP contribution in [0.25, 0.3) is 0 Å². The van der Waals surface area contributed by atoms with Crippen LogP contribution in [0.4, 0.5) is 11.4 Å². The van der Waals surface area contributed by atoms with Crippen LogP contribution in [0.3, 0.4) is 0 Å². The van der Waals surface area contributed by atoms with Crippen LogP contribution >= 0.6 is 0 Å². The van der Waals surface area contributed by atoms with Crippen LogP contribution in [0.1, 0.15) is 30.5 Å². The number of nitrogens with zero attached hydrogens (tertiary/aromatic N) is 1. The van der Waals surface area contributed by atoms with Crippen molar-refractivity contribution in [2.24, 2.45) is 0 Å². The fourth-order valence-corrected chi connectivity index (χ4v) is 6.64. The second-order valence-corrected chi connectivity index (χ2v) is 12.9. The number of hydrogen-bond donors (Lipinski definition) is 2. The van der Waals surface area contributed by atoms with E-state index in [4.69, 9.17) is 4.74 Å². The molecule has 3 aromatic rings. The lowest BCUT2D eigenvalue weighted by Crippen LogP contribution is -2.38. The fraction of sp³-hybridized carbons (Fsp3) is 0.296. The van der Waals surface area contributed by atoms with E-state index in [-0.39, 0.29) is 27.3 Å². The van der Waals surface area contributed by atoms with Gasteiger partial charge in [-0.25, -0.2) is 21.6 Å². The molecule has 0 bridgehead atoms. The van der Waals surface area contributed by atoms with Gasteiger partial charge >= 0.3 is 0 Å². The molecule has 38 heavy (non-hydrogen) atoms. The van der Waals surface area contributed by atoms with Gasteiger partial charge in [-0.05, 0) is 76.6 Å². The Bertz CT molecular complexity index is 1530. The second kappa shape index (κ2) is 11.5. The maximum atomic E-state index is 13.7. The van der Waals surface area contributed by atoms with Crippen molar-refractivity contribution in [2.75, 3.05) is 23.3 Å². The summed E-state index contributed by atoms with van der Waals surface area (Å²) in [7, 11) is -6.58. The molecule has 0 saturated carbocycles. The van der Waals surface area contributed by atoms with Gasteiger partial charge in [-0.15, -0.1) is 0 Å². The molecule has 9 nitrogen and oxygen atoms in total. The Morgan fingerprint density at radius 2 is 1.47 bits per heavy atom. The molecule has 204 valence electrons. The van der Waals surface area contributed by atoms with Gasteiger partial charge in [0, 0.05) is 6.04 Å². The summed E-state index contributed by atoms with van der Waals surface area (Å²) in [6.45, 7) is 8.36. The van der Waals surface area contributed by atoms with Gasteiger partial charge in [-0.3, -0.25) is 9.10 Å². The van der Waals surface area contributed by atoms with E-state index in [1.165, 1.54) is 37.4 Å². The number of benzene rings is 3. The minimum Gasteiger partial charge on any atom is -0.495 e. The molecule has 3 aromatic carbocycles. The minimum absolute atomic E-state index is 0.0429. The summed E-state index contributed by atoms with van der Waals surface area (Å²) in [4.78, 5) is 13.2. The van der Waals surface area contributed by atoms with E-state index in [1.54, 1.807) is 45.0 Å². The molecular formula is C27H33N3O6S2. The number of ether oxygens (including phenoxy) is 1. The van der Waals surface area contributed by atoms with Crippen molar-refractivity contribution in [3.8, 4) is 5.75 Å². The van der Waals surface area contributed by atoms with Crippen molar-refractivity contribution >= 4 is 37.3 Å². The summed E-state index contributed by atoms with van der Waals surface area (Å²) in [6, 6.07) is 15.4. The standard InChI is InChI=1S/C27H33N3O6S2/c1-18(2)29-37(32,33)23-12-14-26(36-6)24(16-23)28-27(31)17-30(25-13-9-20(4)15-21(25)5)38(34,35)22-10-7-19(3)8-11-22/h7-16,18,29H,17H2,1-6H3,(H,28,31). The summed E-state index contributed by atoms with van der Waals surface area (Å²) in [6.07, 6.45) is 0. The highest BCUT2D eigenvalue weighted by Gasteiger charge is 2.29. The number of aryl methyl sites for hydroxylation is 3. The van der Waals surface area contributed by atoms with Gasteiger partial charge in [-0.2, -0.15) is 0 Å². The maximum absolute atomic E-state index is 13.7. The number of carbonyl (C=O) groups excluding carboxylic acids is 1. The average Bonchev–Trinajstić information content (AvgIpc) is 2.82. The van der Waals surface area contributed by atoms with Crippen LogP contribution in [-0.2, 0) is 24.8 Å². The molecule has 0 aliphatic carbocycles. The van der Waals surface area contributed by atoms with E-state index in [2.05, 4.69) is 10.0 Å². The van der Waals surface area contributed by atoms with Crippen molar-refractivity contribution < 1.29 is 26.4 Å². The lowest BCUT2D eigenvalue weighted by atomic mass is 10.1. The number of nitrogens with one attached hydrogen (secondary N) is 2. The Hall–Kier alpha value is -3.41. The molecule has 0 saturated heterocycles. The van der Waals surface area contributed by atoms with Crippen molar-refractivity contribution in [1.29, 1.82) is 0 Å². The minimum atomic E-state index is -4.12. The number of anilines is 2. The van der Waals surface area contributed by atoms with Gasteiger partial charge in [0.15, 0.2) is 0 Å². The third-order valence-corrected chi connectivity index (χ3v) is 9.09. The number of rotatable bonds is 10. The fourth-order valence-electron chi connectivity index (χ4n) is 3.87. The Kier molecular flexibility index (Phi) is 8.86. The van der Waals surface area contributed by atoms with Crippen molar-refractivity contribution in [3.05, 3.63) is 77.4 Å². The van der Waals surface area contributed by atoms with E-state index in [1.807, 2.05) is 19.9 Å². The van der Waals surface area contributed by atoms with E-state index < -0.39 is 32.5 Å². The Balaban J connectivity index is 2.01. The zero-order chi connectivity index (χ0) is 28.3. The van der Waals surface area contributed by atoms with E-state index in [9.17, 15) is 21.6 Å². The lowest BCUT2D eigenvalue weighted by Gasteiger charge is -2.26. The lowest BCUT2D eigenvalue weighted by molar-refractivity contribution is -0.114. The van der Waals surface area contributed by atoms with Crippen molar-refractivity contribution in [3.63, 3.8) is 0 Å². The molecule has 1 amide bonds. The number of carbonyl (C=O) groups is 1. The summed E-state index contributed by atoms with van der Waals surface area (Å²) in [5.74, 6) is -0.452. The molecule has 0 aromatic heterocycles. The molecule has 11 heteroatoms. The van der Waals surface area contributed by atoms with Crippen LogP contribution in [0.5, 0.6) is 5.75 Å². The molecular weight excluding hydrogens is 526 g/mol. The summed E-state index contributed by atoms with van der Waals surface area (Å²) in [5, 5.41) is 2.63. The molecule has 0 aliphatic rings. The number of amides is 1. The van der Waals surface area contributed by atoms with Crippen LogP contribution in [0.2, 0.25) is 0 Å². The monoisotopic (exact) mass is 559 g/mol. The first kappa shape index (κ1) is 29.2. The van der Waals surface area contributed by atoms with Gasteiger partial charge in [0.2, 0.25) is 15.9 Å². The SMILES string of the molecule is COc1ccc(S(=O)(=O)NC(C)C)cc1NC(=O)CN(c1ccc(C)cc1C)S(=O)(=O)c1ccc(C)cc1. The average molecular weight is 560 g/mol. The molecule has 0 radical (unpaired) electrons. The molecule has 2 N–H and O–H groups in total. The van der Waals surface area contributed by atoms with E-state index >= 15 is 0 Å². The molecule has 0 aliphatic heterocycles. The van der Waals surface area contributed by atoms with Crippen LogP contribution in [0, 0.1) is 20.8 Å². The third-order valence-electron chi connectivity index (χ3n) is 5.66. The zero-order valence-corrected chi connectivity index (χ0v) is 23.9. The highest BCUT2D eigenvalue weighted by Crippen LogP contribution is 2.30.